The van der Waals surface area contributed by atoms with Crippen LogP contribution in [0.5, 0.6) is 11.5 Å². The third kappa shape index (κ3) is 2.06. The fourth-order valence-electron chi connectivity index (χ4n) is 3.19. The zero-order valence-corrected chi connectivity index (χ0v) is 13.2. The minimum absolute atomic E-state index is 0.0748. The number of ether oxygens (including phenoxy) is 2. The number of carbonyl (C=O) groups excluding carboxylic acids is 1. The molecule has 2 aliphatic heterocycles. The zero-order valence-electron chi connectivity index (χ0n) is 13.2. The van der Waals surface area contributed by atoms with Crippen LogP contribution in [-0.4, -0.2) is 29.1 Å². The number of nitrogens with two attached hydrogens (primary N) is 1. The van der Waals surface area contributed by atoms with Gasteiger partial charge in [-0.2, -0.15) is 0 Å². The Morgan fingerprint density at radius 3 is 2.84 bits per heavy atom. The third-order valence-corrected chi connectivity index (χ3v) is 4.42. The zero-order chi connectivity index (χ0) is 17.0. The Labute approximate surface area is 142 Å². The monoisotopic (exact) mass is 334 g/mol. The Morgan fingerprint density at radius 2 is 1.96 bits per heavy atom. The van der Waals surface area contributed by atoms with Gasteiger partial charge in [0, 0.05) is 11.8 Å². The number of fused-ring (bicyclic) bond motifs is 2. The van der Waals surface area contributed by atoms with Crippen LogP contribution in [0.3, 0.4) is 0 Å². The molecule has 0 saturated carbocycles. The molecule has 0 amide bonds. The maximum absolute atomic E-state index is 12.6. The van der Waals surface area contributed by atoms with Crippen LogP contribution in [0.4, 0.5) is 5.69 Å². The van der Waals surface area contributed by atoms with Crippen LogP contribution in [0, 0.1) is 0 Å². The van der Waals surface area contributed by atoms with Crippen molar-refractivity contribution in [1.29, 1.82) is 0 Å². The predicted molar refractivity (Wildman–Crippen MR) is 92.1 cm³/mol. The number of rotatable bonds is 2. The average molecular weight is 334 g/mol. The number of anilines is 1. The number of benzene rings is 2. The maximum atomic E-state index is 12.6. The van der Waals surface area contributed by atoms with Crippen molar-refractivity contribution in [2.45, 2.75) is 0 Å². The highest BCUT2D eigenvalue weighted by Gasteiger charge is 2.32. The highest BCUT2D eigenvalue weighted by Crippen LogP contribution is 2.38. The third-order valence-electron chi connectivity index (χ3n) is 4.42. The summed E-state index contributed by atoms with van der Waals surface area (Å²) in [5.74, 6) is 2.13. The highest BCUT2D eigenvalue weighted by molar-refractivity contribution is 6.26. The fourth-order valence-corrected chi connectivity index (χ4v) is 3.19. The summed E-state index contributed by atoms with van der Waals surface area (Å²) >= 11 is 0. The van der Waals surface area contributed by atoms with Crippen molar-refractivity contribution in [3.63, 3.8) is 0 Å². The molecule has 3 N–H and O–H groups in total. The predicted octanol–water partition coefficient (Wildman–Crippen LogP) is 2.01. The van der Waals surface area contributed by atoms with E-state index in [1.54, 1.807) is 4.90 Å². The number of aromatic nitrogens is 2. The van der Waals surface area contributed by atoms with Crippen LogP contribution in [-0.2, 0) is 4.79 Å². The van der Waals surface area contributed by atoms with Gasteiger partial charge in [0.25, 0.3) is 0 Å². The molecule has 0 spiro atoms. The van der Waals surface area contributed by atoms with Crippen LogP contribution >= 0.6 is 0 Å². The summed E-state index contributed by atoms with van der Waals surface area (Å²) in [6, 6.07) is 13.1. The van der Waals surface area contributed by atoms with E-state index in [0.717, 1.165) is 16.7 Å². The lowest BCUT2D eigenvalue weighted by molar-refractivity contribution is -0.112. The summed E-state index contributed by atoms with van der Waals surface area (Å²) in [7, 11) is 0. The van der Waals surface area contributed by atoms with Gasteiger partial charge in [-0.15, -0.1) is 0 Å². The number of imidazole rings is 1. The van der Waals surface area contributed by atoms with Crippen LogP contribution in [0.25, 0.3) is 16.6 Å². The molecule has 0 unspecified atom stereocenters. The molecule has 3 heterocycles. The molecule has 0 aliphatic carbocycles. The summed E-state index contributed by atoms with van der Waals surface area (Å²) in [5, 5.41) is 0. The van der Waals surface area contributed by atoms with Crippen LogP contribution in [0.15, 0.2) is 48.3 Å². The first-order valence-corrected chi connectivity index (χ1v) is 7.86. The number of H-pyrrole nitrogens is 1. The smallest absolute Gasteiger partial charge is 0.231 e. The Morgan fingerprint density at radius 1 is 1.12 bits per heavy atom. The number of aromatic amines is 1. The molecule has 7 nitrogen and oxygen atoms in total. The molecule has 2 aliphatic rings. The number of carbonyl (C=O) groups is 1. The maximum Gasteiger partial charge on any atom is 0.231 e. The first-order valence-electron chi connectivity index (χ1n) is 7.86. The highest BCUT2D eigenvalue weighted by atomic mass is 16.7. The van der Waals surface area contributed by atoms with Gasteiger partial charge in [-0.3, -0.25) is 4.79 Å². The van der Waals surface area contributed by atoms with Crippen molar-refractivity contribution < 1.29 is 14.3 Å². The van der Waals surface area contributed by atoms with E-state index in [1.807, 2.05) is 42.5 Å². The topological polar surface area (TPSA) is 93.5 Å². The Kier molecular flexibility index (Phi) is 2.79. The molecule has 5 rings (SSSR count). The molecule has 7 heteroatoms. The lowest BCUT2D eigenvalue weighted by atomic mass is 10.2. The second kappa shape index (κ2) is 5.01. The molecular weight excluding hydrogens is 320 g/mol. The SMILES string of the molecule is NC1=C(c2nc3ccccc3[nH]2)C(=O)CN1c1ccc2c(c1)OCO2. The Bertz CT molecular complexity index is 1020. The van der Waals surface area contributed by atoms with Crippen molar-refractivity contribution in [3.8, 4) is 11.5 Å². The minimum atomic E-state index is -0.0748. The number of Topliss-reactive ketones (excluding diaryl/α,β-unsaturated/α-hetero) is 1. The second-order valence-corrected chi connectivity index (χ2v) is 5.91. The van der Waals surface area contributed by atoms with Crippen LogP contribution < -0.4 is 20.1 Å². The van der Waals surface area contributed by atoms with E-state index in [4.69, 9.17) is 15.2 Å². The minimum Gasteiger partial charge on any atom is -0.454 e. The standard InChI is InChI=1S/C18H14N4O3/c19-17-16(18-20-11-3-1-2-4-12(11)21-18)13(23)8-22(17)10-5-6-14-15(7-10)25-9-24-14/h1-7H,8-9,19H2,(H,20,21). The van der Waals surface area contributed by atoms with Crippen molar-refractivity contribution in [2.24, 2.45) is 5.73 Å². The Balaban J connectivity index is 1.58. The number of nitrogens with one attached hydrogen (secondary N) is 1. The van der Waals surface area contributed by atoms with Crippen LogP contribution in [0.1, 0.15) is 5.82 Å². The van der Waals surface area contributed by atoms with Crippen molar-refractivity contribution in [1.82, 2.24) is 9.97 Å². The number of para-hydroxylation sites is 2. The van der Waals surface area contributed by atoms with Gasteiger partial charge < -0.3 is 25.1 Å². The molecule has 1 aromatic heterocycles. The quantitative estimate of drug-likeness (QED) is 0.745. The number of hydrogen-bond donors (Lipinski definition) is 2. The van der Waals surface area contributed by atoms with Gasteiger partial charge in [0.15, 0.2) is 17.3 Å². The van der Waals surface area contributed by atoms with Gasteiger partial charge in [0.1, 0.15) is 17.2 Å². The van der Waals surface area contributed by atoms with E-state index in [-0.39, 0.29) is 19.1 Å². The lowest BCUT2D eigenvalue weighted by Crippen LogP contribution is -2.25. The van der Waals surface area contributed by atoms with Gasteiger partial charge in [0.2, 0.25) is 6.79 Å². The van der Waals surface area contributed by atoms with Gasteiger partial charge >= 0.3 is 0 Å². The molecule has 0 saturated heterocycles. The van der Waals surface area contributed by atoms with E-state index in [9.17, 15) is 4.79 Å². The number of hydrogen-bond acceptors (Lipinski definition) is 6. The first-order chi connectivity index (χ1) is 12.2. The summed E-state index contributed by atoms with van der Waals surface area (Å²) in [5.41, 5.74) is 9.15. The Hall–Kier alpha value is -3.48. The van der Waals surface area contributed by atoms with Crippen LogP contribution in [0.2, 0.25) is 0 Å². The van der Waals surface area contributed by atoms with Gasteiger partial charge in [-0.1, -0.05) is 12.1 Å². The average Bonchev–Trinajstić information content (AvgIpc) is 3.30. The van der Waals surface area contributed by atoms with E-state index < -0.39 is 0 Å². The molecule has 0 fully saturated rings. The molecular formula is C18H14N4O3. The van der Waals surface area contributed by atoms with Gasteiger partial charge in [-0.05, 0) is 24.3 Å². The van der Waals surface area contributed by atoms with Crippen molar-refractivity contribution in [3.05, 3.63) is 54.1 Å². The molecule has 0 bridgehead atoms. The number of ketones is 1. The molecule has 0 atom stereocenters. The fraction of sp³-hybridized carbons (Fsp3) is 0.111. The second-order valence-electron chi connectivity index (χ2n) is 5.91. The largest absolute Gasteiger partial charge is 0.454 e. The summed E-state index contributed by atoms with van der Waals surface area (Å²) < 4.78 is 10.7. The van der Waals surface area contributed by atoms with Crippen molar-refractivity contribution >= 4 is 28.1 Å². The molecule has 2 aromatic carbocycles. The number of nitrogens with zero attached hydrogens (tertiary/aromatic N) is 2. The van der Waals surface area contributed by atoms with E-state index in [1.165, 1.54) is 0 Å². The first kappa shape index (κ1) is 13.9. The lowest BCUT2D eigenvalue weighted by Gasteiger charge is -2.18. The summed E-state index contributed by atoms with van der Waals surface area (Å²) in [6.07, 6.45) is 0. The summed E-state index contributed by atoms with van der Waals surface area (Å²) in [4.78, 5) is 22.0. The normalized spacial score (nSPS) is 16.3. The van der Waals surface area contributed by atoms with E-state index in [2.05, 4.69) is 9.97 Å². The molecule has 3 aromatic rings. The van der Waals surface area contributed by atoms with Crippen molar-refractivity contribution in [2.75, 3.05) is 18.2 Å². The van der Waals surface area contributed by atoms with E-state index in [0.29, 0.717) is 28.7 Å². The summed E-state index contributed by atoms with van der Waals surface area (Å²) in [6.45, 7) is 0.366. The molecule has 25 heavy (non-hydrogen) atoms. The van der Waals surface area contributed by atoms with Gasteiger partial charge in [-0.25, -0.2) is 4.98 Å². The van der Waals surface area contributed by atoms with Gasteiger partial charge in [0.05, 0.1) is 17.6 Å². The van der Waals surface area contributed by atoms with E-state index >= 15 is 0 Å². The molecule has 124 valence electrons. The molecule has 0 radical (unpaired) electrons.